The minimum absolute atomic E-state index is 0.0130. The van der Waals surface area contributed by atoms with E-state index >= 15 is 0 Å². The third-order valence-corrected chi connectivity index (χ3v) is 4.98. The number of hydrogen-bond acceptors (Lipinski definition) is 5. The highest BCUT2D eigenvalue weighted by atomic mass is 35.5. The van der Waals surface area contributed by atoms with Crippen LogP contribution in [0.15, 0.2) is 48.5 Å². The first-order valence-electron chi connectivity index (χ1n) is 9.53. The van der Waals surface area contributed by atoms with Crippen LogP contribution in [0.1, 0.15) is 41.2 Å². The number of carbonyl (C=O) groups excluding carboxylic acids is 2. The van der Waals surface area contributed by atoms with E-state index in [1.807, 2.05) is 0 Å². The molecule has 0 bridgehead atoms. The third kappa shape index (κ3) is 6.21. The number of carbonyl (C=O) groups is 2. The molecule has 0 aromatic heterocycles. The SMILES string of the molecule is COC(=O)C[C@H](NC(=O)c1cccc(OC[C@H]2CCCO2)c1)c1ccc(Cl)cc1. The lowest BCUT2D eigenvalue weighted by Crippen LogP contribution is -2.30. The fourth-order valence-electron chi connectivity index (χ4n) is 3.13. The van der Waals surface area contributed by atoms with E-state index in [-0.39, 0.29) is 18.4 Å². The summed E-state index contributed by atoms with van der Waals surface area (Å²) in [5.41, 5.74) is 1.21. The topological polar surface area (TPSA) is 73.9 Å². The smallest absolute Gasteiger partial charge is 0.307 e. The maximum atomic E-state index is 12.8. The Kier molecular flexibility index (Phi) is 7.49. The zero-order valence-corrected chi connectivity index (χ0v) is 17.0. The molecule has 6 nitrogen and oxygen atoms in total. The maximum Gasteiger partial charge on any atom is 0.307 e. The van der Waals surface area contributed by atoms with E-state index < -0.39 is 12.0 Å². The molecule has 154 valence electrons. The van der Waals surface area contributed by atoms with Gasteiger partial charge in [-0.15, -0.1) is 0 Å². The summed E-state index contributed by atoms with van der Waals surface area (Å²) < 4.78 is 16.1. The summed E-state index contributed by atoms with van der Waals surface area (Å²) in [7, 11) is 1.32. The fourth-order valence-corrected chi connectivity index (χ4v) is 3.26. The van der Waals surface area contributed by atoms with Gasteiger partial charge in [0.1, 0.15) is 12.4 Å². The Balaban J connectivity index is 1.68. The van der Waals surface area contributed by atoms with Crippen LogP contribution in [0.4, 0.5) is 0 Å². The van der Waals surface area contributed by atoms with Crippen molar-refractivity contribution in [3.8, 4) is 5.75 Å². The van der Waals surface area contributed by atoms with Crippen molar-refractivity contribution in [3.63, 3.8) is 0 Å². The number of amides is 1. The highest BCUT2D eigenvalue weighted by Crippen LogP contribution is 2.22. The first-order chi connectivity index (χ1) is 14.0. The zero-order valence-electron chi connectivity index (χ0n) is 16.2. The molecule has 0 unspecified atom stereocenters. The molecule has 1 saturated heterocycles. The number of benzene rings is 2. The molecule has 2 atom stereocenters. The van der Waals surface area contributed by atoms with E-state index in [0.717, 1.165) is 25.0 Å². The Morgan fingerprint density at radius 3 is 2.72 bits per heavy atom. The summed E-state index contributed by atoms with van der Waals surface area (Å²) in [4.78, 5) is 24.6. The monoisotopic (exact) mass is 417 g/mol. The molecule has 2 aromatic rings. The normalized spacial score (nSPS) is 16.8. The number of methoxy groups -OCH3 is 1. The standard InChI is InChI=1S/C22H24ClNO5/c1-27-21(25)13-20(15-7-9-17(23)10-8-15)24-22(26)16-4-2-5-18(12-16)29-14-19-6-3-11-28-19/h2,4-5,7-10,12,19-20H,3,6,11,13-14H2,1H3,(H,24,26)/t19-,20+/m1/s1. The molecule has 29 heavy (non-hydrogen) atoms. The third-order valence-electron chi connectivity index (χ3n) is 4.73. The van der Waals surface area contributed by atoms with Crippen molar-refractivity contribution in [1.82, 2.24) is 5.32 Å². The van der Waals surface area contributed by atoms with E-state index in [0.29, 0.717) is 22.9 Å². The second-order valence-corrected chi connectivity index (χ2v) is 7.27. The molecule has 7 heteroatoms. The van der Waals surface area contributed by atoms with Gasteiger partial charge in [-0.25, -0.2) is 0 Å². The Labute approximate surface area is 175 Å². The van der Waals surface area contributed by atoms with Crippen LogP contribution in [0.25, 0.3) is 0 Å². The average molecular weight is 418 g/mol. The van der Waals surface area contributed by atoms with Crippen LogP contribution >= 0.6 is 11.6 Å². The van der Waals surface area contributed by atoms with Gasteiger partial charge in [0.2, 0.25) is 0 Å². The molecular weight excluding hydrogens is 394 g/mol. The van der Waals surface area contributed by atoms with E-state index in [4.69, 9.17) is 25.8 Å². The van der Waals surface area contributed by atoms with E-state index in [9.17, 15) is 9.59 Å². The predicted octanol–water partition coefficient (Wildman–Crippen LogP) is 3.93. The molecular formula is C22H24ClNO5. The molecule has 1 fully saturated rings. The lowest BCUT2D eigenvalue weighted by atomic mass is 10.0. The lowest BCUT2D eigenvalue weighted by molar-refractivity contribution is -0.141. The van der Waals surface area contributed by atoms with Gasteiger partial charge in [-0.3, -0.25) is 9.59 Å². The van der Waals surface area contributed by atoms with Crippen LogP contribution in [0.5, 0.6) is 5.75 Å². The van der Waals surface area contributed by atoms with Crippen LogP contribution in [-0.4, -0.2) is 38.3 Å². The number of ether oxygens (including phenoxy) is 3. The van der Waals surface area contributed by atoms with Crippen LogP contribution in [0, 0.1) is 0 Å². The predicted molar refractivity (Wildman–Crippen MR) is 109 cm³/mol. The summed E-state index contributed by atoms with van der Waals surface area (Å²) in [6.45, 7) is 1.23. The van der Waals surface area contributed by atoms with Crippen molar-refractivity contribution in [2.45, 2.75) is 31.4 Å². The molecule has 0 aliphatic carbocycles. The summed E-state index contributed by atoms with van der Waals surface area (Å²) in [5.74, 6) is -0.125. The average Bonchev–Trinajstić information content (AvgIpc) is 3.26. The Morgan fingerprint density at radius 2 is 2.03 bits per heavy atom. The zero-order chi connectivity index (χ0) is 20.6. The Bertz CT molecular complexity index is 833. The Morgan fingerprint density at radius 1 is 1.24 bits per heavy atom. The maximum absolute atomic E-state index is 12.8. The van der Waals surface area contributed by atoms with Crippen LogP contribution in [0.3, 0.4) is 0 Å². The molecule has 1 amide bonds. The molecule has 0 saturated carbocycles. The second kappa shape index (κ2) is 10.3. The summed E-state index contributed by atoms with van der Waals surface area (Å²) in [6.07, 6.45) is 2.14. The first-order valence-corrected chi connectivity index (χ1v) is 9.90. The minimum Gasteiger partial charge on any atom is -0.491 e. The summed E-state index contributed by atoms with van der Waals surface area (Å²) in [5, 5.41) is 3.47. The molecule has 1 aliphatic heterocycles. The number of halogens is 1. The van der Waals surface area contributed by atoms with Crippen molar-refractivity contribution in [3.05, 3.63) is 64.7 Å². The molecule has 0 radical (unpaired) electrons. The highest BCUT2D eigenvalue weighted by molar-refractivity contribution is 6.30. The molecule has 3 rings (SSSR count). The number of esters is 1. The van der Waals surface area contributed by atoms with Gasteiger partial charge in [0.15, 0.2) is 0 Å². The van der Waals surface area contributed by atoms with Crippen LogP contribution in [-0.2, 0) is 14.3 Å². The van der Waals surface area contributed by atoms with Gasteiger partial charge in [0.25, 0.3) is 5.91 Å². The van der Waals surface area contributed by atoms with Gasteiger partial charge in [0.05, 0.1) is 25.7 Å². The van der Waals surface area contributed by atoms with E-state index in [1.54, 1.807) is 48.5 Å². The minimum atomic E-state index is -0.538. The summed E-state index contributed by atoms with van der Waals surface area (Å²) >= 11 is 5.94. The highest BCUT2D eigenvalue weighted by Gasteiger charge is 2.20. The molecule has 1 aliphatic rings. The van der Waals surface area contributed by atoms with Gasteiger partial charge >= 0.3 is 5.97 Å². The number of rotatable bonds is 8. The van der Waals surface area contributed by atoms with Crippen molar-refractivity contribution in [2.24, 2.45) is 0 Å². The lowest BCUT2D eigenvalue weighted by Gasteiger charge is -2.19. The molecule has 1 N–H and O–H groups in total. The first kappa shape index (κ1) is 21.1. The van der Waals surface area contributed by atoms with Gasteiger partial charge in [-0.1, -0.05) is 29.8 Å². The van der Waals surface area contributed by atoms with Crippen molar-refractivity contribution in [1.29, 1.82) is 0 Å². The summed E-state index contributed by atoms with van der Waals surface area (Å²) in [6, 6.07) is 13.4. The van der Waals surface area contributed by atoms with Crippen molar-refractivity contribution < 1.29 is 23.8 Å². The van der Waals surface area contributed by atoms with E-state index in [1.165, 1.54) is 7.11 Å². The number of hydrogen-bond donors (Lipinski definition) is 1. The van der Waals surface area contributed by atoms with Gasteiger partial charge in [-0.05, 0) is 48.7 Å². The Hall–Kier alpha value is -2.57. The van der Waals surface area contributed by atoms with Crippen LogP contribution < -0.4 is 10.1 Å². The molecule has 0 spiro atoms. The second-order valence-electron chi connectivity index (χ2n) is 6.83. The van der Waals surface area contributed by atoms with E-state index in [2.05, 4.69) is 5.32 Å². The van der Waals surface area contributed by atoms with Crippen LogP contribution in [0.2, 0.25) is 5.02 Å². The van der Waals surface area contributed by atoms with Gasteiger partial charge in [-0.2, -0.15) is 0 Å². The van der Waals surface area contributed by atoms with Gasteiger partial charge < -0.3 is 19.5 Å². The van der Waals surface area contributed by atoms with Crippen molar-refractivity contribution in [2.75, 3.05) is 20.3 Å². The number of nitrogens with one attached hydrogen (secondary N) is 1. The quantitative estimate of drug-likeness (QED) is 0.659. The fraction of sp³-hybridized carbons (Fsp3) is 0.364. The molecule has 1 heterocycles. The van der Waals surface area contributed by atoms with Crippen molar-refractivity contribution >= 4 is 23.5 Å². The molecule has 2 aromatic carbocycles. The largest absolute Gasteiger partial charge is 0.491 e. The van der Waals surface area contributed by atoms with Gasteiger partial charge in [0, 0.05) is 17.2 Å².